The smallest absolute Gasteiger partial charge is 0.402 e. The summed E-state index contributed by atoms with van der Waals surface area (Å²) in [6, 6.07) is -9.27. The predicted octanol–water partition coefficient (Wildman–Crippen LogP) is 16.9. The molecule has 0 aliphatic heterocycles. The maximum atomic E-state index is 12.3. The van der Waals surface area contributed by atoms with Gasteiger partial charge in [0.15, 0.2) is 26.7 Å². The zero-order valence-electron chi connectivity index (χ0n) is 40.5. The van der Waals surface area contributed by atoms with Crippen molar-refractivity contribution in [1.82, 2.24) is 0 Å². The van der Waals surface area contributed by atoms with E-state index < -0.39 is 207 Å². The van der Waals surface area contributed by atoms with E-state index in [1.54, 1.807) is 0 Å². The summed E-state index contributed by atoms with van der Waals surface area (Å²) in [5.74, 6) is -16.8. The maximum absolute atomic E-state index is 12.3. The Labute approximate surface area is 481 Å². The van der Waals surface area contributed by atoms with Crippen LogP contribution in [0.15, 0.2) is 60.3 Å². The van der Waals surface area contributed by atoms with Gasteiger partial charge in [0.05, 0.1) is 5.75 Å². The Bertz CT molecular complexity index is 2700. The molecule has 93 heavy (non-hydrogen) atoms. The lowest BCUT2D eigenvalue weighted by molar-refractivity contribution is -0.394. The fraction of sp³-hybridized carbons (Fsp3) is 0.615. The third-order valence-electron chi connectivity index (χ3n) is 4.48. The Morgan fingerprint density at radius 1 is 0.366 bits per heavy atom. The van der Waals surface area contributed by atoms with Gasteiger partial charge in [0, 0.05) is 0 Å². The molecule has 0 unspecified atom stereocenters. The van der Waals surface area contributed by atoms with Crippen LogP contribution in [0.5, 0.6) is 0 Å². The van der Waals surface area contributed by atoms with Crippen molar-refractivity contribution in [3.05, 3.63) is 60.3 Å². The molecule has 0 aromatic rings. The summed E-state index contributed by atoms with van der Waals surface area (Å²) in [4.78, 5) is 1.88. The summed E-state index contributed by atoms with van der Waals surface area (Å²) < 4.78 is 623. The number of halogens is 47. The van der Waals surface area contributed by atoms with Crippen molar-refractivity contribution in [3.63, 3.8) is 0 Å². The van der Waals surface area contributed by atoms with Crippen LogP contribution in [-0.2, 0) is 76.5 Å². The van der Waals surface area contributed by atoms with E-state index in [9.17, 15) is 210 Å². The Kier molecular flexibility index (Phi) is 52.8. The van der Waals surface area contributed by atoms with E-state index in [4.69, 9.17) is 33.7 Å². The molecule has 568 valence electrons. The van der Waals surface area contributed by atoms with Gasteiger partial charge in [-0.05, 0) is 17.0 Å². The van der Waals surface area contributed by atoms with Gasteiger partial charge in [-0.3, -0.25) is 0 Å². The third kappa shape index (κ3) is 88.6. The maximum Gasteiger partial charge on any atom is 0.476 e. The quantitative estimate of drug-likeness (QED) is 0.0629. The van der Waals surface area contributed by atoms with E-state index in [2.05, 4.69) is 18.9 Å². The second kappa shape index (κ2) is 45.0. The van der Waals surface area contributed by atoms with Gasteiger partial charge in [-0.1, -0.05) is 31.1 Å². The van der Waals surface area contributed by atoms with Gasteiger partial charge in [-0.2, -0.15) is 187 Å². The molecule has 67 heteroatoms. The monoisotopic (exact) mass is 1620 g/mol. The highest BCUT2D eigenvalue weighted by Crippen LogP contribution is 2.48. The highest BCUT2D eigenvalue weighted by Gasteiger charge is 2.74. The highest BCUT2D eigenvalue weighted by molar-refractivity contribution is 7.86. The standard InChI is InChI=1S/C6H2F10O.2C5H2F8O.C4H2F6O.C4H5F3O2S.C2H2F4O.4F2O2S/c7-1-4(11,12)5(13,14)6(15,16)17-3(10)2(8)9;6-1-4(10,11)14-5(12,13)2(7)3(8)9;6-2(7)3(8)14-5(12,13)1-4(9,10)11;5-1-4(9,10)11-3(8)2(6)7;5-4(6)2-1-3-10(7,8)9;3-1-2(4,5)7-6;4*1-5(2,3)4/h1H2;2*1H2;1H2;2H,1,3H2;1H2;;;;. The SMILES string of the molecule is FC(F)=C(F)OC(F)(F)CC(F)(F)F.FCC(F)(F)C(F)(F)C(F)(F)OC(F)=C(F)F.FCC(F)(F)OC(F)(F)C(F)=C(F)F.FCC(F)(F)OC(F)=C(F)F.FCC(F)(F)OF.O=S(=O)(F)CCC=C(F)F.O=S(=O)(F)F.O=S(=O)(F)F.O=S(=O)(F)F.O=S(=O)(F)F. The van der Waals surface area contributed by atoms with Crippen molar-refractivity contribution < 1.29 is 268 Å². The van der Waals surface area contributed by atoms with Crippen LogP contribution in [0.4, 0.5) is 202 Å². The first-order chi connectivity index (χ1) is 40.0. The molecule has 0 saturated carbocycles. The Hall–Kier alpha value is -5.52. The van der Waals surface area contributed by atoms with Gasteiger partial charge >= 0.3 is 150 Å². The first-order valence-electron chi connectivity index (χ1n) is 17.7. The van der Waals surface area contributed by atoms with Crippen LogP contribution >= 0.6 is 0 Å². The van der Waals surface area contributed by atoms with Gasteiger partial charge in [0.2, 0.25) is 0 Å². The Morgan fingerprint density at radius 3 is 0.828 bits per heavy atom. The Morgan fingerprint density at radius 2 is 0.634 bits per heavy atom. The lowest BCUT2D eigenvalue weighted by Crippen LogP contribution is -2.56. The number of allylic oxidation sites excluding steroid dienone is 1. The van der Waals surface area contributed by atoms with Crippen LogP contribution in [0, 0.1) is 0 Å². The average molecular weight is 1620 g/mol. The number of hydrogen-bond donors (Lipinski definition) is 0. The minimum Gasteiger partial charge on any atom is -0.402 e. The lowest BCUT2D eigenvalue weighted by Gasteiger charge is -2.29. The van der Waals surface area contributed by atoms with Crippen molar-refractivity contribution in [2.24, 2.45) is 0 Å². The molecule has 0 fully saturated rings. The van der Waals surface area contributed by atoms with Crippen LogP contribution in [0.3, 0.4) is 0 Å². The third-order valence-corrected chi connectivity index (χ3v) is 5.20. The van der Waals surface area contributed by atoms with E-state index in [1.807, 2.05) is 4.94 Å². The van der Waals surface area contributed by atoms with E-state index >= 15 is 0 Å². The van der Waals surface area contributed by atoms with Gasteiger partial charge in [0.25, 0.3) is 11.9 Å². The molecule has 0 aromatic carbocycles. The van der Waals surface area contributed by atoms with Crippen molar-refractivity contribution in [2.45, 2.75) is 67.5 Å². The van der Waals surface area contributed by atoms with Crippen molar-refractivity contribution in [2.75, 3.05) is 32.5 Å². The molecule has 0 radical (unpaired) electrons. The molecular weight excluding hydrogens is 1610 g/mol. The fourth-order valence-corrected chi connectivity index (χ4v) is 2.25. The highest BCUT2D eigenvalue weighted by atomic mass is 32.3. The summed E-state index contributed by atoms with van der Waals surface area (Å²) in [5, 5.41) is 0. The topological polar surface area (TPSA) is 217 Å². The number of alkyl halides is 23. The summed E-state index contributed by atoms with van der Waals surface area (Å²) in [5.41, 5.74) is 0. The van der Waals surface area contributed by atoms with Crippen LogP contribution < -0.4 is 0 Å². The first kappa shape index (κ1) is 109. The van der Waals surface area contributed by atoms with Gasteiger partial charge in [-0.15, -0.1) is 8.83 Å². The Balaban J connectivity index is -0.000000106. The predicted molar refractivity (Wildman–Crippen MR) is 196 cm³/mol. The van der Waals surface area contributed by atoms with Crippen LogP contribution in [0.25, 0.3) is 0 Å². The van der Waals surface area contributed by atoms with Crippen LogP contribution in [0.1, 0.15) is 12.8 Å². The van der Waals surface area contributed by atoms with Gasteiger partial charge in [-0.25, -0.2) is 22.3 Å². The average Bonchev–Trinajstić information content (AvgIpc) is 3.27. The largest absolute Gasteiger partial charge is 0.476 e. The molecule has 0 rings (SSSR count). The molecule has 0 aliphatic carbocycles. The molecule has 15 nitrogen and oxygen atoms in total. The summed E-state index contributed by atoms with van der Waals surface area (Å²) >= 11 is 0. The van der Waals surface area contributed by atoms with E-state index in [0.717, 1.165) is 0 Å². The van der Waals surface area contributed by atoms with Crippen LogP contribution in [-0.4, -0.2) is 129 Å². The van der Waals surface area contributed by atoms with Gasteiger partial charge in [0.1, 0.15) is 6.42 Å². The second-order valence-electron chi connectivity index (χ2n) is 11.9. The van der Waals surface area contributed by atoms with Crippen molar-refractivity contribution in [1.29, 1.82) is 0 Å². The lowest BCUT2D eigenvalue weighted by atomic mass is 10.2. The van der Waals surface area contributed by atoms with Crippen molar-refractivity contribution in [3.8, 4) is 0 Å². The molecule has 0 bridgehead atoms. The number of hydrogen-bond acceptors (Lipinski definition) is 15. The summed E-state index contributed by atoms with van der Waals surface area (Å²) in [6.07, 6.45) is -54.5. The minimum absolute atomic E-state index is 0.358. The fourth-order valence-electron chi connectivity index (χ4n) is 1.85. The molecule has 0 atom stereocenters. The normalized spacial score (nSPS) is 12.2. The van der Waals surface area contributed by atoms with E-state index in [1.165, 1.54) is 0 Å². The van der Waals surface area contributed by atoms with Gasteiger partial charge < -0.3 is 14.2 Å². The molecule has 0 aromatic heterocycles. The molecule has 0 N–H and O–H groups in total. The molecule has 0 saturated heterocycles. The summed E-state index contributed by atoms with van der Waals surface area (Å²) in [6.45, 7) is -10.4. The minimum atomic E-state index is -6.51. The molecule has 0 spiro atoms. The molecular formula is C26H15F47O15S5. The van der Waals surface area contributed by atoms with Crippen molar-refractivity contribution >= 4 is 52.7 Å². The first-order valence-corrected chi connectivity index (χ1v) is 24.4. The molecule has 0 amide bonds. The molecule has 0 heterocycles. The van der Waals surface area contributed by atoms with E-state index in [-0.39, 0.29) is 0 Å². The number of rotatable bonds is 20. The summed E-state index contributed by atoms with van der Waals surface area (Å²) in [7, 11) is -27.3. The van der Waals surface area contributed by atoms with Crippen LogP contribution in [0.2, 0.25) is 0 Å². The zero-order valence-corrected chi connectivity index (χ0v) is 44.5. The molecule has 0 aliphatic rings. The second-order valence-corrected chi connectivity index (χ2v) is 16.4. The number of ether oxygens (including phenoxy) is 4. The van der Waals surface area contributed by atoms with E-state index in [0.29, 0.717) is 6.08 Å². The zero-order chi connectivity index (χ0) is 78.4.